The Morgan fingerprint density at radius 2 is 2.12 bits per heavy atom. The third kappa shape index (κ3) is 7.31. The lowest BCUT2D eigenvalue weighted by Crippen LogP contribution is -2.34. The number of amides is 1. The number of halogens is 2. The zero-order chi connectivity index (χ0) is 16.8. The van der Waals surface area contributed by atoms with Gasteiger partial charge in [0, 0.05) is 18.3 Å². The van der Waals surface area contributed by atoms with Crippen molar-refractivity contribution >= 4 is 47.2 Å². The number of thiazole rings is 1. The van der Waals surface area contributed by atoms with Gasteiger partial charge in [-0.1, -0.05) is 13.3 Å². The van der Waals surface area contributed by atoms with Gasteiger partial charge in [0.25, 0.3) is 0 Å². The summed E-state index contributed by atoms with van der Waals surface area (Å²) in [5.74, 6) is 1.15. The van der Waals surface area contributed by atoms with E-state index in [1.807, 2.05) is 0 Å². The number of nitrogens with one attached hydrogen (secondary N) is 2. The van der Waals surface area contributed by atoms with Crippen LogP contribution in [-0.2, 0) is 11.3 Å². The smallest absolute Gasteiger partial charge is 0.226 e. The van der Waals surface area contributed by atoms with Gasteiger partial charge in [-0.2, -0.15) is 0 Å². The maximum Gasteiger partial charge on any atom is 0.226 e. The minimum atomic E-state index is 0. The minimum Gasteiger partial charge on any atom is -0.316 e. The Kier molecular flexibility index (Phi) is 11.0. The summed E-state index contributed by atoms with van der Waals surface area (Å²) >= 11 is 1.55. The van der Waals surface area contributed by atoms with E-state index in [0.29, 0.717) is 18.3 Å². The van der Waals surface area contributed by atoms with Crippen molar-refractivity contribution in [3.63, 3.8) is 0 Å². The highest BCUT2D eigenvalue weighted by Gasteiger charge is 2.22. The molecule has 2 unspecified atom stereocenters. The molecular weight excluding hydrogens is 391 g/mol. The van der Waals surface area contributed by atoms with Crippen molar-refractivity contribution < 1.29 is 4.79 Å². The molecule has 2 saturated heterocycles. The number of hydrogen-bond donors (Lipinski definition) is 2. The number of carbonyl (C=O) groups excluding carboxylic acids is 1. The van der Waals surface area contributed by atoms with Gasteiger partial charge in [-0.25, -0.2) is 4.98 Å². The maximum absolute atomic E-state index is 12.3. The van der Waals surface area contributed by atoms with Crippen LogP contribution in [-0.4, -0.2) is 42.0 Å². The fourth-order valence-corrected chi connectivity index (χ4v) is 4.50. The molecule has 3 rings (SSSR count). The molecular formula is C18H32Cl2N4OS. The number of aromatic nitrogens is 1. The van der Waals surface area contributed by atoms with Gasteiger partial charge >= 0.3 is 0 Å². The fourth-order valence-electron chi connectivity index (χ4n) is 3.78. The number of rotatable bonds is 6. The number of piperidine rings is 2. The van der Waals surface area contributed by atoms with E-state index >= 15 is 0 Å². The lowest BCUT2D eigenvalue weighted by Gasteiger charge is -2.27. The molecule has 1 amide bonds. The Labute approximate surface area is 173 Å². The van der Waals surface area contributed by atoms with Crippen molar-refractivity contribution in [2.24, 2.45) is 11.8 Å². The van der Waals surface area contributed by atoms with Crippen LogP contribution >= 0.6 is 36.2 Å². The van der Waals surface area contributed by atoms with Crippen molar-refractivity contribution in [1.82, 2.24) is 15.2 Å². The zero-order valence-corrected chi connectivity index (χ0v) is 18.0. The third-order valence-electron chi connectivity index (χ3n) is 5.28. The average molecular weight is 423 g/mol. The number of nitrogens with zero attached hydrogens (tertiary/aromatic N) is 2. The van der Waals surface area contributed by atoms with E-state index in [1.54, 1.807) is 11.3 Å². The SMILES string of the molecule is CC(CC(=O)Nc1nc(CN2CCCCC2)cs1)C1CCCNC1.Cl.Cl. The van der Waals surface area contributed by atoms with Crippen molar-refractivity contribution in [3.05, 3.63) is 11.1 Å². The van der Waals surface area contributed by atoms with Gasteiger partial charge < -0.3 is 10.6 Å². The van der Waals surface area contributed by atoms with Gasteiger partial charge in [-0.3, -0.25) is 9.69 Å². The quantitative estimate of drug-likeness (QED) is 0.728. The fraction of sp³-hybridized carbons (Fsp3) is 0.778. The molecule has 1 aromatic heterocycles. The topological polar surface area (TPSA) is 57.3 Å². The summed E-state index contributed by atoms with van der Waals surface area (Å²) in [6.07, 6.45) is 6.99. The average Bonchev–Trinajstić information content (AvgIpc) is 3.03. The van der Waals surface area contributed by atoms with E-state index < -0.39 is 0 Å². The first-order valence-corrected chi connectivity index (χ1v) is 10.3. The molecule has 150 valence electrons. The van der Waals surface area contributed by atoms with E-state index in [4.69, 9.17) is 0 Å². The van der Waals surface area contributed by atoms with Crippen LogP contribution in [0.25, 0.3) is 0 Å². The molecule has 0 radical (unpaired) electrons. The summed E-state index contributed by atoms with van der Waals surface area (Å²) in [6.45, 7) is 7.62. The standard InChI is InChI=1S/C18H30N4OS.2ClH/c1-14(15-6-5-7-19-11-15)10-17(23)21-18-20-16(13-24-18)12-22-8-3-2-4-9-22;;/h13-15,19H,2-12H2,1H3,(H,20,21,23);2*1H. The molecule has 5 nitrogen and oxygen atoms in total. The molecule has 0 aliphatic carbocycles. The van der Waals surface area contributed by atoms with Gasteiger partial charge in [-0.05, 0) is 63.7 Å². The molecule has 0 bridgehead atoms. The molecule has 2 aliphatic rings. The molecule has 0 saturated carbocycles. The van der Waals surface area contributed by atoms with Crippen LogP contribution in [0.4, 0.5) is 5.13 Å². The Morgan fingerprint density at radius 1 is 1.35 bits per heavy atom. The maximum atomic E-state index is 12.3. The Morgan fingerprint density at radius 3 is 2.81 bits per heavy atom. The van der Waals surface area contributed by atoms with Crippen LogP contribution in [0.1, 0.15) is 51.1 Å². The molecule has 2 N–H and O–H groups in total. The van der Waals surface area contributed by atoms with Crippen LogP contribution in [0, 0.1) is 11.8 Å². The lowest BCUT2D eigenvalue weighted by molar-refractivity contribution is -0.117. The van der Waals surface area contributed by atoms with Crippen molar-refractivity contribution in [3.8, 4) is 0 Å². The Balaban J connectivity index is 0.00000169. The first kappa shape index (κ1) is 23.6. The second-order valence-corrected chi connectivity index (χ2v) is 8.17. The molecule has 1 aromatic rings. The van der Waals surface area contributed by atoms with Gasteiger partial charge in [0.1, 0.15) is 0 Å². The normalized spacial score (nSPS) is 22.0. The zero-order valence-electron chi connectivity index (χ0n) is 15.5. The Bertz CT molecular complexity index is 531. The molecule has 8 heteroatoms. The van der Waals surface area contributed by atoms with E-state index in [2.05, 4.69) is 32.8 Å². The van der Waals surface area contributed by atoms with Gasteiger partial charge in [0.15, 0.2) is 5.13 Å². The van der Waals surface area contributed by atoms with E-state index in [9.17, 15) is 4.79 Å². The van der Waals surface area contributed by atoms with Crippen LogP contribution in [0.5, 0.6) is 0 Å². The molecule has 2 atom stereocenters. The second-order valence-electron chi connectivity index (χ2n) is 7.32. The van der Waals surface area contributed by atoms with Gasteiger partial charge in [0.2, 0.25) is 5.91 Å². The summed E-state index contributed by atoms with van der Waals surface area (Å²) in [5.41, 5.74) is 1.08. The number of hydrogen-bond acceptors (Lipinski definition) is 5. The molecule has 0 spiro atoms. The molecule has 26 heavy (non-hydrogen) atoms. The van der Waals surface area contributed by atoms with E-state index in [0.717, 1.165) is 30.5 Å². The highest BCUT2D eigenvalue weighted by molar-refractivity contribution is 7.13. The first-order valence-electron chi connectivity index (χ1n) is 9.38. The lowest BCUT2D eigenvalue weighted by atomic mass is 9.85. The Hall–Kier alpha value is -0.400. The predicted octanol–water partition coefficient (Wildman–Crippen LogP) is 3.94. The monoisotopic (exact) mass is 422 g/mol. The number of likely N-dealkylation sites (tertiary alicyclic amines) is 1. The molecule has 3 heterocycles. The van der Waals surface area contributed by atoms with Gasteiger partial charge in [0.05, 0.1) is 5.69 Å². The minimum absolute atomic E-state index is 0. The summed E-state index contributed by atoms with van der Waals surface area (Å²) in [5, 5.41) is 9.27. The van der Waals surface area contributed by atoms with Gasteiger partial charge in [-0.15, -0.1) is 36.2 Å². The predicted molar refractivity (Wildman–Crippen MR) is 114 cm³/mol. The van der Waals surface area contributed by atoms with Crippen LogP contribution in [0.3, 0.4) is 0 Å². The van der Waals surface area contributed by atoms with E-state index in [1.165, 1.54) is 45.2 Å². The highest BCUT2D eigenvalue weighted by atomic mass is 35.5. The number of anilines is 1. The second kappa shape index (κ2) is 12.1. The highest BCUT2D eigenvalue weighted by Crippen LogP contribution is 2.24. The van der Waals surface area contributed by atoms with Crippen LogP contribution in [0.15, 0.2) is 5.38 Å². The van der Waals surface area contributed by atoms with Crippen molar-refractivity contribution in [2.45, 2.75) is 52.0 Å². The van der Waals surface area contributed by atoms with Crippen LogP contribution in [0.2, 0.25) is 0 Å². The van der Waals surface area contributed by atoms with Crippen LogP contribution < -0.4 is 10.6 Å². The summed E-state index contributed by atoms with van der Waals surface area (Å²) in [4.78, 5) is 19.3. The first-order chi connectivity index (χ1) is 11.7. The van der Waals surface area contributed by atoms with Crippen molar-refractivity contribution in [1.29, 1.82) is 0 Å². The van der Waals surface area contributed by atoms with E-state index in [-0.39, 0.29) is 30.7 Å². The summed E-state index contributed by atoms with van der Waals surface area (Å²) in [7, 11) is 0. The third-order valence-corrected chi connectivity index (χ3v) is 6.09. The molecule has 2 fully saturated rings. The number of carbonyl (C=O) groups is 1. The summed E-state index contributed by atoms with van der Waals surface area (Å²) < 4.78 is 0. The molecule has 2 aliphatic heterocycles. The largest absolute Gasteiger partial charge is 0.316 e. The summed E-state index contributed by atoms with van der Waals surface area (Å²) in [6, 6.07) is 0. The molecule has 0 aromatic carbocycles. The van der Waals surface area contributed by atoms with Crippen molar-refractivity contribution in [2.75, 3.05) is 31.5 Å².